The van der Waals surface area contributed by atoms with Crippen LogP contribution in [0.2, 0.25) is 0 Å². The molecule has 0 radical (unpaired) electrons. The Labute approximate surface area is 173 Å². The van der Waals surface area contributed by atoms with Crippen molar-refractivity contribution in [2.75, 3.05) is 64.4 Å². The van der Waals surface area contributed by atoms with Crippen LogP contribution >= 0.6 is 0 Å². The van der Waals surface area contributed by atoms with Crippen LogP contribution in [0.5, 0.6) is 0 Å². The monoisotopic (exact) mass is 405 g/mol. The van der Waals surface area contributed by atoms with Gasteiger partial charge in [0.2, 0.25) is 0 Å². The molecule has 3 aliphatic heterocycles. The van der Waals surface area contributed by atoms with E-state index in [-0.39, 0.29) is 18.8 Å². The first-order chi connectivity index (χ1) is 14.2. The van der Waals surface area contributed by atoms with E-state index in [4.69, 9.17) is 4.74 Å². The summed E-state index contributed by atoms with van der Waals surface area (Å²) < 4.78 is 6.07. The number of hydrogen-bond donors (Lipinski definition) is 3. The van der Waals surface area contributed by atoms with Crippen LogP contribution < -0.4 is 10.2 Å². The van der Waals surface area contributed by atoms with Gasteiger partial charge < -0.3 is 30.1 Å². The van der Waals surface area contributed by atoms with Crippen molar-refractivity contribution in [1.82, 2.24) is 20.1 Å². The summed E-state index contributed by atoms with van der Waals surface area (Å²) in [5.74, 6) is 1.00. The zero-order valence-electron chi connectivity index (χ0n) is 17.4. The number of piperazine rings is 1. The van der Waals surface area contributed by atoms with Crippen molar-refractivity contribution in [1.29, 1.82) is 0 Å². The zero-order chi connectivity index (χ0) is 20.2. The number of rotatable bonds is 6. The first kappa shape index (κ1) is 21.0. The van der Waals surface area contributed by atoms with Gasteiger partial charge in [0.05, 0.1) is 18.8 Å². The van der Waals surface area contributed by atoms with E-state index in [0.717, 1.165) is 57.9 Å². The number of piperidine rings is 1. The maximum atomic E-state index is 10.8. The molecule has 162 valence electrons. The molecule has 29 heavy (non-hydrogen) atoms. The van der Waals surface area contributed by atoms with Gasteiger partial charge in [-0.05, 0) is 45.1 Å². The highest BCUT2D eigenvalue weighted by molar-refractivity contribution is 5.38. The van der Waals surface area contributed by atoms with E-state index in [1.54, 1.807) is 0 Å². The van der Waals surface area contributed by atoms with Gasteiger partial charge in [-0.1, -0.05) is 6.07 Å². The second-order valence-corrected chi connectivity index (χ2v) is 8.57. The molecule has 0 bridgehead atoms. The van der Waals surface area contributed by atoms with E-state index in [0.29, 0.717) is 12.6 Å². The molecular formula is C21H35N5O3. The average Bonchev–Trinajstić information content (AvgIpc) is 3.09. The van der Waals surface area contributed by atoms with Crippen LogP contribution in [-0.4, -0.2) is 115 Å². The Morgan fingerprint density at radius 1 is 1.10 bits per heavy atom. The van der Waals surface area contributed by atoms with Crippen molar-refractivity contribution in [3.8, 4) is 0 Å². The molecular weight excluding hydrogens is 370 g/mol. The predicted octanol–water partition coefficient (Wildman–Crippen LogP) is -0.623. The van der Waals surface area contributed by atoms with Crippen LogP contribution in [0.1, 0.15) is 12.8 Å². The van der Waals surface area contributed by atoms with E-state index in [1.165, 1.54) is 0 Å². The fourth-order valence-electron chi connectivity index (χ4n) is 4.88. The SMILES string of the molecule is CN1CCC(NCC2OC(CO)C(O)C2N2CCN(c3ccccn3)CC2)CC1. The summed E-state index contributed by atoms with van der Waals surface area (Å²) in [6.07, 6.45) is 2.84. The predicted molar refractivity (Wildman–Crippen MR) is 112 cm³/mol. The number of hydrogen-bond acceptors (Lipinski definition) is 8. The minimum Gasteiger partial charge on any atom is -0.394 e. The lowest BCUT2D eigenvalue weighted by Gasteiger charge is -2.41. The first-order valence-corrected chi connectivity index (χ1v) is 10.9. The third-order valence-electron chi connectivity index (χ3n) is 6.68. The summed E-state index contributed by atoms with van der Waals surface area (Å²) in [5, 5.41) is 24.2. The molecule has 1 aromatic rings. The van der Waals surface area contributed by atoms with Gasteiger partial charge in [-0.3, -0.25) is 4.90 Å². The normalized spacial score (nSPS) is 32.7. The molecule has 1 aromatic heterocycles. The standard InChI is InChI=1S/C21H35N5O3/c1-24-8-5-16(6-9-24)23-14-17-20(21(28)18(15-27)29-17)26-12-10-25(11-13-26)19-4-2-3-7-22-19/h2-4,7,16-18,20-21,23,27-28H,5-6,8-15H2,1H3. The topological polar surface area (TPSA) is 84.3 Å². The van der Waals surface area contributed by atoms with Gasteiger partial charge in [0, 0.05) is 45.0 Å². The zero-order valence-corrected chi connectivity index (χ0v) is 17.4. The Morgan fingerprint density at radius 2 is 1.86 bits per heavy atom. The quantitative estimate of drug-likeness (QED) is 0.577. The van der Waals surface area contributed by atoms with Crippen molar-refractivity contribution in [3.63, 3.8) is 0 Å². The average molecular weight is 406 g/mol. The van der Waals surface area contributed by atoms with Crippen LogP contribution in [-0.2, 0) is 4.74 Å². The van der Waals surface area contributed by atoms with Gasteiger partial charge in [0.15, 0.2) is 0 Å². The lowest BCUT2D eigenvalue weighted by molar-refractivity contribution is -0.0222. The summed E-state index contributed by atoms with van der Waals surface area (Å²) in [6.45, 7) is 6.25. The van der Waals surface area contributed by atoms with Crippen LogP contribution in [0.4, 0.5) is 5.82 Å². The molecule has 3 saturated heterocycles. The van der Waals surface area contributed by atoms with E-state index in [2.05, 4.69) is 32.0 Å². The number of ether oxygens (including phenoxy) is 1. The maximum absolute atomic E-state index is 10.8. The molecule has 3 aliphatic rings. The lowest BCUT2D eigenvalue weighted by Crippen LogP contribution is -2.58. The van der Waals surface area contributed by atoms with Gasteiger partial charge in [0.25, 0.3) is 0 Å². The second-order valence-electron chi connectivity index (χ2n) is 8.57. The highest BCUT2D eigenvalue weighted by Crippen LogP contribution is 2.27. The van der Waals surface area contributed by atoms with Crippen LogP contribution in [0.15, 0.2) is 24.4 Å². The summed E-state index contributed by atoms with van der Waals surface area (Å²) in [4.78, 5) is 11.4. The first-order valence-electron chi connectivity index (χ1n) is 10.9. The van der Waals surface area contributed by atoms with Crippen molar-refractivity contribution < 1.29 is 14.9 Å². The number of anilines is 1. The molecule has 3 N–H and O–H groups in total. The fourth-order valence-corrected chi connectivity index (χ4v) is 4.88. The summed E-state index contributed by atoms with van der Waals surface area (Å²) in [7, 11) is 2.17. The molecule has 0 spiro atoms. The third-order valence-corrected chi connectivity index (χ3v) is 6.68. The number of aromatic nitrogens is 1. The molecule has 4 unspecified atom stereocenters. The smallest absolute Gasteiger partial charge is 0.128 e. The van der Waals surface area contributed by atoms with E-state index in [9.17, 15) is 10.2 Å². The molecule has 8 nitrogen and oxygen atoms in total. The Hall–Kier alpha value is -1.29. The van der Waals surface area contributed by atoms with Crippen LogP contribution in [0.25, 0.3) is 0 Å². The number of aliphatic hydroxyl groups is 2. The molecule has 8 heteroatoms. The maximum Gasteiger partial charge on any atom is 0.128 e. The minimum absolute atomic E-state index is 0.0863. The lowest BCUT2D eigenvalue weighted by atomic mass is 10.0. The van der Waals surface area contributed by atoms with Gasteiger partial charge >= 0.3 is 0 Å². The van der Waals surface area contributed by atoms with E-state index >= 15 is 0 Å². The van der Waals surface area contributed by atoms with Gasteiger partial charge in [-0.2, -0.15) is 0 Å². The number of pyridine rings is 1. The highest BCUT2D eigenvalue weighted by atomic mass is 16.5. The molecule has 0 saturated carbocycles. The molecule has 0 aliphatic carbocycles. The second kappa shape index (κ2) is 9.68. The largest absolute Gasteiger partial charge is 0.394 e. The van der Waals surface area contributed by atoms with E-state index < -0.39 is 12.2 Å². The fraction of sp³-hybridized carbons (Fsp3) is 0.762. The van der Waals surface area contributed by atoms with Crippen LogP contribution in [0, 0.1) is 0 Å². The van der Waals surface area contributed by atoms with Crippen LogP contribution in [0.3, 0.4) is 0 Å². The van der Waals surface area contributed by atoms with Gasteiger partial charge in [-0.25, -0.2) is 4.98 Å². The summed E-state index contributed by atoms with van der Waals surface area (Å²) in [5.41, 5.74) is 0. The summed E-state index contributed by atoms with van der Waals surface area (Å²) in [6, 6.07) is 6.40. The van der Waals surface area contributed by atoms with Gasteiger partial charge in [-0.15, -0.1) is 0 Å². The van der Waals surface area contributed by atoms with Crippen molar-refractivity contribution in [3.05, 3.63) is 24.4 Å². The van der Waals surface area contributed by atoms with Crippen molar-refractivity contribution in [2.45, 2.75) is 43.2 Å². The van der Waals surface area contributed by atoms with Gasteiger partial charge in [0.1, 0.15) is 18.0 Å². The number of nitrogens with zero attached hydrogens (tertiary/aromatic N) is 4. The summed E-state index contributed by atoms with van der Waals surface area (Å²) >= 11 is 0. The Bertz CT molecular complexity index is 620. The molecule has 3 fully saturated rings. The van der Waals surface area contributed by atoms with Crippen molar-refractivity contribution >= 4 is 5.82 Å². The Kier molecular flexibility index (Phi) is 7.00. The number of likely N-dealkylation sites (tertiary alicyclic amines) is 1. The Morgan fingerprint density at radius 3 is 2.52 bits per heavy atom. The highest BCUT2D eigenvalue weighted by Gasteiger charge is 2.46. The minimum atomic E-state index is -0.661. The third kappa shape index (κ3) is 4.90. The van der Waals surface area contributed by atoms with E-state index in [1.807, 2.05) is 24.4 Å². The molecule has 4 rings (SSSR count). The number of nitrogens with one attached hydrogen (secondary N) is 1. The molecule has 0 aromatic carbocycles. The van der Waals surface area contributed by atoms with Crippen molar-refractivity contribution in [2.24, 2.45) is 0 Å². The number of aliphatic hydroxyl groups excluding tert-OH is 2. The molecule has 4 heterocycles. The molecule has 4 atom stereocenters. The Balaban J connectivity index is 1.34. The molecule has 0 amide bonds.